The van der Waals surface area contributed by atoms with Crippen LogP contribution in [0, 0.1) is 5.92 Å². The fourth-order valence-electron chi connectivity index (χ4n) is 2.33. The van der Waals surface area contributed by atoms with Crippen molar-refractivity contribution in [3.8, 4) is 0 Å². The van der Waals surface area contributed by atoms with Gasteiger partial charge in [-0.2, -0.15) is 0 Å². The quantitative estimate of drug-likeness (QED) is 0.658. The second kappa shape index (κ2) is 4.87. The van der Waals surface area contributed by atoms with Crippen LogP contribution < -0.4 is 5.46 Å². The summed E-state index contributed by atoms with van der Waals surface area (Å²) in [4.78, 5) is 0. The average molecular weight is 202 g/mol. The van der Waals surface area contributed by atoms with Gasteiger partial charge in [-0.15, -0.1) is 0 Å². The molecule has 15 heavy (non-hydrogen) atoms. The van der Waals surface area contributed by atoms with Gasteiger partial charge in [0.25, 0.3) is 0 Å². The van der Waals surface area contributed by atoms with Gasteiger partial charge in [-0.05, 0) is 23.3 Å². The van der Waals surface area contributed by atoms with Crippen LogP contribution in [0.3, 0.4) is 0 Å². The van der Waals surface area contributed by atoms with E-state index in [-0.39, 0.29) is 0 Å². The maximum atomic E-state index is 2.34. The molecular formula is C14H23B. The molecule has 0 bridgehead atoms. The average Bonchev–Trinajstić information content (AvgIpc) is 2.16. The van der Waals surface area contributed by atoms with Crippen molar-refractivity contribution in [3.63, 3.8) is 0 Å². The topological polar surface area (TPSA) is 0 Å². The summed E-state index contributed by atoms with van der Waals surface area (Å²) in [5.41, 5.74) is 3.20. The summed E-state index contributed by atoms with van der Waals surface area (Å²) >= 11 is 0. The summed E-state index contributed by atoms with van der Waals surface area (Å²) in [6.45, 7) is 11.5. The van der Waals surface area contributed by atoms with E-state index >= 15 is 0 Å². The predicted molar refractivity (Wildman–Crippen MR) is 71.6 cm³/mol. The highest BCUT2D eigenvalue weighted by Gasteiger charge is 2.21. The minimum absolute atomic E-state index is 0.306. The van der Waals surface area contributed by atoms with Gasteiger partial charge in [-0.1, -0.05) is 64.2 Å². The molecule has 0 saturated carbocycles. The van der Waals surface area contributed by atoms with E-state index in [1.54, 1.807) is 0 Å². The van der Waals surface area contributed by atoms with E-state index in [1.165, 1.54) is 17.4 Å². The first-order chi connectivity index (χ1) is 6.95. The van der Waals surface area contributed by atoms with Gasteiger partial charge >= 0.3 is 0 Å². The lowest BCUT2D eigenvalue weighted by Gasteiger charge is -2.27. The molecule has 0 aliphatic heterocycles. The van der Waals surface area contributed by atoms with Crippen molar-refractivity contribution >= 4 is 12.7 Å². The predicted octanol–water partition coefficient (Wildman–Crippen LogP) is 3.12. The van der Waals surface area contributed by atoms with Gasteiger partial charge < -0.3 is 0 Å². The van der Waals surface area contributed by atoms with E-state index in [4.69, 9.17) is 0 Å². The second-order valence-corrected chi connectivity index (χ2v) is 5.53. The Bertz CT molecular complexity index is 296. The van der Waals surface area contributed by atoms with Gasteiger partial charge in [0.2, 0.25) is 0 Å². The van der Waals surface area contributed by atoms with Gasteiger partial charge in [0.15, 0.2) is 7.28 Å². The monoisotopic (exact) mass is 202 g/mol. The maximum Gasteiger partial charge on any atom is 0.154 e. The standard InChI is InChI=1S/C14H23B/c1-11(2)10-14(3,4)12-6-8-13(15-5)9-7-12/h6-9,11,15H,10H2,1-5H3. The number of rotatable bonds is 4. The molecule has 1 aromatic rings. The van der Waals surface area contributed by atoms with Crippen molar-refractivity contribution in [1.82, 2.24) is 0 Å². The van der Waals surface area contributed by atoms with Crippen LogP contribution in [0.25, 0.3) is 0 Å². The molecule has 0 aliphatic rings. The molecule has 0 atom stereocenters. The molecule has 0 saturated heterocycles. The Kier molecular flexibility index (Phi) is 4.01. The Labute approximate surface area is 95.3 Å². The third kappa shape index (κ3) is 3.41. The zero-order chi connectivity index (χ0) is 11.5. The fraction of sp³-hybridized carbons (Fsp3) is 0.571. The van der Waals surface area contributed by atoms with Gasteiger partial charge in [-0.3, -0.25) is 0 Å². The molecule has 0 radical (unpaired) electrons. The lowest BCUT2D eigenvalue weighted by Crippen LogP contribution is -2.21. The van der Waals surface area contributed by atoms with Crippen LogP contribution in [0.2, 0.25) is 6.82 Å². The largest absolute Gasteiger partial charge is 0.154 e. The molecular weight excluding hydrogens is 179 g/mol. The Hall–Kier alpha value is -0.715. The third-order valence-electron chi connectivity index (χ3n) is 3.06. The highest BCUT2D eigenvalue weighted by Crippen LogP contribution is 2.29. The van der Waals surface area contributed by atoms with Crippen LogP contribution in [-0.2, 0) is 5.41 Å². The minimum atomic E-state index is 0.306. The molecule has 0 fully saturated rings. The highest BCUT2D eigenvalue weighted by molar-refractivity contribution is 6.51. The summed E-state index contributed by atoms with van der Waals surface area (Å²) in [6.07, 6.45) is 1.25. The van der Waals surface area contributed by atoms with Crippen molar-refractivity contribution in [3.05, 3.63) is 29.8 Å². The minimum Gasteiger partial charge on any atom is -0.0849 e. The molecule has 1 aromatic carbocycles. The van der Waals surface area contributed by atoms with Crippen molar-refractivity contribution in [2.75, 3.05) is 0 Å². The van der Waals surface area contributed by atoms with Crippen molar-refractivity contribution in [2.24, 2.45) is 5.92 Å². The smallest absolute Gasteiger partial charge is 0.0849 e. The molecule has 1 heteroatoms. The van der Waals surface area contributed by atoms with Crippen LogP contribution in [0.4, 0.5) is 0 Å². The first-order valence-corrected chi connectivity index (χ1v) is 6.05. The summed E-state index contributed by atoms with van der Waals surface area (Å²) in [5, 5.41) is 0. The Morgan fingerprint density at radius 2 is 1.67 bits per heavy atom. The first-order valence-electron chi connectivity index (χ1n) is 6.05. The van der Waals surface area contributed by atoms with E-state index in [1.807, 2.05) is 0 Å². The molecule has 0 unspecified atom stereocenters. The first kappa shape index (κ1) is 12.4. The lowest BCUT2D eigenvalue weighted by molar-refractivity contribution is 0.400. The van der Waals surface area contributed by atoms with Crippen LogP contribution in [0.1, 0.15) is 39.7 Å². The molecule has 0 N–H and O–H groups in total. The van der Waals surface area contributed by atoms with E-state index in [0.717, 1.165) is 13.2 Å². The third-order valence-corrected chi connectivity index (χ3v) is 3.06. The molecule has 1 rings (SSSR count). The molecule has 0 nitrogen and oxygen atoms in total. The number of hydrogen-bond donors (Lipinski definition) is 0. The van der Waals surface area contributed by atoms with Crippen LogP contribution >= 0.6 is 0 Å². The van der Waals surface area contributed by atoms with Gasteiger partial charge in [0, 0.05) is 0 Å². The summed E-state index contributed by atoms with van der Waals surface area (Å²) in [6, 6.07) is 9.11. The lowest BCUT2D eigenvalue weighted by atomic mass is 9.71. The van der Waals surface area contributed by atoms with Crippen LogP contribution in [0.5, 0.6) is 0 Å². The zero-order valence-corrected chi connectivity index (χ0v) is 10.8. The van der Waals surface area contributed by atoms with Crippen LogP contribution in [-0.4, -0.2) is 7.28 Å². The molecule has 0 amide bonds. The molecule has 82 valence electrons. The van der Waals surface area contributed by atoms with Crippen LogP contribution in [0.15, 0.2) is 24.3 Å². The summed E-state index contributed by atoms with van der Waals surface area (Å²) in [7, 11) is 1.13. The van der Waals surface area contributed by atoms with Gasteiger partial charge in [0.05, 0.1) is 0 Å². The second-order valence-electron chi connectivity index (χ2n) is 5.53. The fourth-order valence-corrected chi connectivity index (χ4v) is 2.33. The molecule has 0 aromatic heterocycles. The number of benzene rings is 1. The summed E-state index contributed by atoms with van der Waals surface area (Å²) in [5.74, 6) is 0.755. The molecule has 0 heterocycles. The van der Waals surface area contributed by atoms with Crippen molar-refractivity contribution in [1.29, 1.82) is 0 Å². The van der Waals surface area contributed by atoms with E-state index < -0.39 is 0 Å². The normalized spacial score (nSPS) is 11.9. The highest BCUT2D eigenvalue weighted by atomic mass is 14.3. The van der Waals surface area contributed by atoms with Gasteiger partial charge in [-0.25, -0.2) is 0 Å². The Balaban J connectivity index is 2.85. The number of hydrogen-bond acceptors (Lipinski definition) is 0. The van der Waals surface area contributed by atoms with Crippen molar-refractivity contribution < 1.29 is 0 Å². The maximum absolute atomic E-state index is 2.34. The Morgan fingerprint density at radius 1 is 1.13 bits per heavy atom. The van der Waals surface area contributed by atoms with E-state index in [9.17, 15) is 0 Å². The zero-order valence-electron chi connectivity index (χ0n) is 10.8. The van der Waals surface area contributed by atoms with E-state index in [0.29, 0.717) is 5.41 Å². The SMILES string of the molecule is CBc1ccc(C(C)(C)CC(C)C)cc1. The van der Waals surface area contributed by atoms with Gasteiger partial charge in [0.1, 0.15) is 0 Å². The van der Waals surface area contributed by atoms with Crippen molar-refractivity contribution in [2.45, 2.75) is 46.4 Å². The molecule has 0 spiro atoms. The molecule has 0 aliphatic carbocycles. The summed E-state index contributed by atoms with van der Waals surface area (Å²) < 4.78 is 0. The van der Waals surface area contributed by atoms with E-state index in [2.05, 4.69) is 58.8 Å². The Morgan fingerprint density at radius 3 is 2.07 bits per heavy atom.